The van der Waals surface area contributed by atoms with Gasteiger partial charge in [-0.15, -0.1) is 0 Å². The van der Waals surface area contributed by atoms with Crippen molar-refractivity contribution in [1.82, 2.24) is 5.32 Å². The van der Waals surface area contributed by atoms with E-state index >= 15 is 0 Å². The Kier molecular flexibility index (Phi) is 5.23. The average Bonchev–Trinajstić information content (AvgIpc) is 2.86. The molecule has 1 N–H and O–H groups in total. The topological polar surface area (TPSA) is 12.0 Å². The van der Waals surface area contributed by atoms with Crippen LogP contribution < -0.4 is 5.32 Å². The molecule has 2 heteroatoms. The minimum atomic E-state index is 0.572. The van der Waals surface area contributed by atoms with Gasteiger partial charge in [0.05, 0.1) is 0 Å². The molecule has 0 bridgehead atoms. The van der Waals surface area contributed by atoms with Crippen LogP contribution in [0.1, 0.15) is 64.7 Å². The van der Waals surface area contributed by atoms with Gasteiger partial charge >= 0.3 is 0 Å². The Morgan fingerprint density at radius 2 is 1.76 bits per heavy atom. The monoisotopic (exact) mass is 255 g/mol. The Labute approximate surface area is 112 Å². The molecule has 2 fully saturated rings. The van der Waals surface area contributed by atoms with Crippen LogP contribution in [-0.2, 0) is 0 Å². The van der Waals surface area contributed by atoms with E-state index in [1.165, 1.54) is 64.3 Å². The highest BCUT2D eigenvalue weighted by atomic mass is 32.2. The van der Waals surface area contributed by atoms with Crippen LogP contribution in [0.4, 0.5) is 0 Å². The minimum absolute atomic E-state index is 0.572. The highest BCUT2D eigenvalue weighted by Crippen LogP contribution is 2.40. The Bertz CT molecular complexity index is 217. The van der Waals surface area contributed by atoms with Crippen LogP contribution in [0.25, 0.3) is 0 Å². The molecule has 2 aliphatic rings. The fraction of sp³-hybridized carbons (Fsp3) is 1.00. The van der Waals surface area contributed by atoms with Gasteiger partial charge in [-0.05, 0) is 44.8 Å². The zero-order valence-electron chi connectivity index (χ0n) is 11.6. The molecular formula is C15H29NS. The SMILES string of the molecule is CSC1(CNC(C)C2CCCCC2)CCCC1. The number of hydrogen-bond acceptors (Lipinski definition) is 2. The second-order valence-electron chi connectivity index (χ2n) is 6.16. The van der Waals surface area contributed by atoms with Gasteiger partial charge in [-0.2, -0.15) is 11.8 Å². The van der Waals surface area contributed by atoms with Crippen molar-refractivity contribution in [2.75, 3.05) is 12.8 Å². The molecule has 0 radical (unpaired) electrons. The zero-order chi connectivity index (χ0) is 12.1. The van der Waals surface area contributed by atoms with Crippen molar-refractivity contribution in [3.63, 3.8) is 0 Å². The lowest BCUT2D eigenvalue weighted by Crippen LogP contribution is -2.43. The Morgan fingerprint density at radius 1 is 1.12 bits per heavy atom. The van der Waals surface area contributed by atoms with Crippen LogP contribution in [0.15, 0.2) is 0 Å². The van der Waals surface area contributed by atoms with Crippen LogP contribution in [0.5, 0.6) is 0 Å². The third-order valence-corrected chi connectivity index (χ3v) is 6.47. The first-order chi connectivity index (χ1) is 8.26. The van der Waals surface area contributed by atoms with Crippen molar-refractivity contribution < 1.29 is 0 Å². The van der Waals surface area contributed by atoms with Crippen LogP contribution >= 0.6 is 11.8 Å². The van der Waals surface area contributed by atoms with Crippen LogP contribution in [0.3, 0.4) is 0 Å². The Morgan fingerprint density at radius 3 is 2.35 bits per heavy atom. The van der Waals surface area contributed by atoms with Gasteiger partial charge in [0.25, 0.3) is 0 Å². The molecule has 0 aromatic heterocycles. The van der Waals surface area contributed by atoms with E-state index in [1.807, 2.05) is 0 Å². The molecular weight excluding hydrogens is 226 g/mol. The summed E-state index contributed by atoms with van der Waals surface area (Å²) < 4.78 is 0.572. The van der Waals surface area contributed by atoms with Gasteiger partial charge in [-0.1, -0.05) is 32.1 Å². The van der Waals surface area contributed by atoms with Crippen molar-refractivity contribution in [3.8, 4) is 0 Å². The summed E-state index contributed by atoms with van der Waals surface area (Å²) in [4.78, 5) is 0. The van der Waals surface area contributed by atoms with Crippen molar-refractivity contribution in [1.29, 1.82) is 0 Å². The quantitative estimate of drug-likeness (QED) is 0.789. The second-order valence-corrected chi connectivity index (χ2v) is 7.44. The van der Waals surface area contributed by atoms with Crippen molar-refractivity contribution in [2.45, 2.75) is 75.5 Å². The number of hydrogen-bond donors (Lipinski definition) is 1. The zero-order valence-corrected chi connectivity index (χ0v) is 12.5. The lowest BCUT2D eigenvalue weighted by Gasteiger charge is -2.33. The van der Waals surface area contributed by atoms with Gasteiger partial charge in [0.1, 0.15) is 0 Å². The molecule has 0 heterocycles. The molecule has 17 heavy (non-hydrogen) atoms. The Hall–Kier alpha value is 0.310. The lowest BCUT2D eigenvalue weighted by molar-refractivity contribution is 0.276. The maximum absolute atomic E-state index is 3.87. The summed E-state index contributed by atoms with van der Waals surface area (Å²) in [5.74, 6) is 0.948. The minimum Gasteiger partial charge on any atom is -0.313 e. The van der Waals surface area contributed by atoms with Crippen molar-refractivity contribution >= 4 is 11.8 Å². The highest BCUT2D eigenvalue weighted by Gasteiger charge is 2.33. The summed E-state index contributed by atoms with van der Waals surface area (Å²) in [7, 11) is 0. The summed E-state index contributed by atoms with van der Waals surface area (Å²) in [5, 5.41) is 3.87. The summed E-state index contributed by atoms with van der Waals surface area (Å²) >= 11 is 2.11. The van der Waals surface area contributed by atoms with E-state index < -0.39 is 0 Å². The van der Waals surface area contributed by atoms with Gasteiger partial charge in [0.15, 0.2) is 0 Å². The maximum atomic E-state index is 3.87. The number of nitrogens with one attached hydrogen (secondary N) is 1. The van der Waals surface area contributed by atoms with Crippen LogP contribution in [0, 0.1) is 5.92 Å². The van der Waals surface area contributed by atoms with Gasteiger partial charge in [0, 0.05) is 17.3 Å². The molecule has 1 nitrogen and oxygen atoms in total. The number of thioether (sulfide) groups is 1. The third kappa shape index (κ3) is 3.64. The molecule has 0 aromatic rings. The molecule has 100 valence electrons. The van der Waals surface area contributed by atoms with Crippen molar-refractivity contribution in [2.24, 2.45) is 5.92 Å². The van der Waals surface area contributed by atoms with E-state index in [9.17, 15) is 0 Å². The van der Waals surface area contributed by atoms with Crippen LogP contribution in [-0.4, -0.2) is 23.6 Å². The molecule has 2 saturated carbocycles. The van der Waals surface area contributed by atoms with E-state index in [0.29, 0.717) is 4.75 Å². The van der Waals surface area contributed by atoms with Gasteiger partial charge in [-0.25, -0.2) is 0 Å². The van der Waals surface area contributed by atoms with Crippen molar-refractivity contribution in [3.05, 3.63) is 0 Å². The largest absolute Gasteiger partial charge is 0.313 e. The highest BCUT2D eigenvalue weighted by molar-refractivity contribution is 8.00. The van der Waals surface area contributed by atoms with Gasteiger partial charge in [0.2, 0.25) is 0 Å². The standard InChI is InChI=1S/C15H29NS/c1-13(14-8-4-3-5-9-14)16-12-15(17-2)10-6-7-11-15/h13-14,16H,3-12H2,1-2H3. The predicted octanol–water partition coefficient (Wildman–Crippen LogP) is 4.22. The molecule has 0 aliphatic heterocycles. The van der Waals surface area contributed by atoms with Gasteiger partial charge < -0.3 is 5.32 Å². The summed E-state index contributed by atoms with van der Waals surface area (Å²) in [5.41, 5.74) is 0. The molecule has 0 saturated heterocycles. The normalized spacial score (nSPS) is 27.2. The van der Waals surface area contributed by atoms with Gasteiger partial charge in [-0.3, -0.25) is 0 Å². The lowest BCUT2D eigenvalue weighted by atomic mass is 9.84. The molecule has 0 aromatic carbocycles. The summed E-state index contributed by atoms with van der Waals surface area (Å²) in [6.45, 7) is 3.66. The fourth-order valence-electron chi connectivity index (χ4n) is 3.62. The smallest absolute Gasteiger partial charge is 0.0281 e. The third-order valence-electron chi connectivity index (χ3n) is 5.05. The summed E-state index contributed by atoms with van der Waals surface area (Å²) in [6.07, 6.45) is 15.4. The summed E-state index contributed by atoms with van der Waals surface area (Å²) in [6, 6.07) is 0.736. The number of rotatable bonds is 5. The van der Waals surface area contributed by atoms with E-state index in [1.54, 1.807) is 0 Å². The molecule has 0 amide bonds. The first kappa shape index (κ1) is 13.7. The van der Waals surface area contributed by atoms with E-state index in [-0.39, 0.29) is 0 Å². The first-order valence-electron chi connectivity index (χ1n) is 7.54. The molecule has 1 atom stereocenters. The van der Waals surface area contributed by atoms with E-state index in [4.69, 9.17) is 0 Å². The molecule has 0 spiro atoms. The predicted molar refractivity (Wildman–Crippen MR) is 78.8 cm³/mol. The maximum Gasteiger partial charge on any atom is 0.0281 e. The fourth-order valence-corrected chi connectivity index (χ4v) is 4.54. The van der Waals surface area contributed by atoms with E-state index in [2.05, 4.69) is 30.3 Å². The molecule has 2 aliphatic carbocycles. The van der Waals surface area contributed by atoms with Crippen LogP contribution in [0.2, 0.25) is 0 Å². The second kappa shape index (κ2) is 6.47. The van der Waals surface area contributed by atoms with E-state index in [0.717, 1.165) is 12.0 Å². The Balaban J connectivity index is 1.76. The first-order valence-corrected chi connectivity index (χ1v) is 8.77. The molecule has 1 unspecified atom stereocenters. The average molecular weight is 255 g/mol. The molecule has 2 rings (SSSR count).